The highest BCUT2D eigenvalue weighted by molar-refractivity contribution is 5.47. The van der Waals surface area contributed by atoms with Crippen LogP contribution in [0.25, 0.3) is 0 Å². The number of allylic oxidation sites excluding steroid dienone is 4. The second kappa shape index (κ2) is 12.9. The summed E-state index contributed by atoms with van der Waals surface area (Å²) >= 11 is 0. The average molecular weight is 336 g/mol. The second-order valence-corrected chi connectivity index (χ2v) is 6.33. The first kappa shape index (κ1) is 22.5. The fraction of sp³-hybridized carbons (Fsp3) is 0.667. The van der Waals surface area contributed by atoms with Gasteiger partial charge >= 0.3 is 0 Å². The van der Waals surface area contributed by atoms with Gasteiger partial charge in [-0.25, -0.2) is 0 Å². The molecule has 1 heterocycles. The molecule has 1 aliphatic heterocycles. The summed E-state index contributed by atoms with van der Waals surface area (Å²) in [6.45, 7) is 15.9. The van der Waals surface area contributed by atoms with Crippen molar-refractivity contribution in [1.29, 1.82) is 0 Å². The van der Waals surface area contributed by atoms with Gasteiger partial charge in [0.05, 0.1) is 0 Å². The number of carbonyl (C=O) groups is 1. The Balaban J connectivity index is 0.000000405. The third-order valence-electron chi connectivity index (χ3n) is 4.38. The van der Waals surface area contributed by atoms with E-state index >= 15 is 0 Å². The summed E-state index contributed by atoms with van der Waals surface area (Å²) in [6.07, 6.45) is 14.5. The highest BCUT2D eigenvalue weighted by Gasteiger charge is 2.40. The molecule has 3 heteroatoms. The summed E-state index contributed by atoms with van der Waals surface area (Å²) in [4.78, 5) is 12.1. The Labute approximate surface area is 149 Å². The molecule has 3 nitrogen and oxygen atoms in total. The van der Waals surface area contributed by atoms with E-state index in [1.807, 2.05) is 43.9 Å². The van der Waals surface area contributed by atoms with Crippen LogP contribution >= 0.6 is 0 Å². The minimum atomic E-state index is 0.118. The van der Waals surface area contributed by atoms with Crippen molar-refractivity contribution in [2.24, 2.45) is 5.92 Å². The fourth-order valence-electron chi connectivity index (χ4n) is 2.38. The number of ether oxygens (including phenoxy) is 1. The molecular formula is C21H37NO2. The summed E-state index contributed by atoms with van der Waals surface area (Å²) in [5.41, 5.74) is 0.118. The predicted octanol–water partition coefficient (Wildman–Crippen LogP) is 5.49. The van der Waals surface area contributed by atoms with E-state index in [-0.39, 0.29) is 5.60 Å². The maximum absolute atomic E-state index is 10.3. The van der Waals surface area contributed by atoms with Gasteiger partial charge in [-0.3, -0.25) is 4.79 Å². The summed E-state index contributed by atoms with van der Waals surface area (Å²) in [6, 6.07) is 0. The van der Waals surface area contributed by atoms with E-state index in [0.29, 0.717) is 0 Å². The quantitative estimate of drug-likeness (QED) is 0.365. The van der Waals surface area contributed by atoms with Crippen LogP contribution in [0.3, 0.4) is 0 Å². The van der Waals surface area contributed by atoms with Gasteiger partial charge in [0.15, 0.2) is 0 Å². The number of hydrogen-bond acceptors (Lipinski definition) is 2. The van der Waals surface area contributed by atoms with E-state index in [1.165, 1.54) is 32.1 Å². The first-order valence-corrected chi connectivity index (χ1v) is 9.40. The predicted molar refractivity (Wildman–Crippen MR) is 104 cm³/mol. The molecule has 1 amide bonds. The molecule has 0 N–H and O–H groups in total. The van der Waals surface area contributed by atoms with Crippen LogP contribution in [0.1, 0.15) is 66.7 Å². The Morgan fingerprint density at radius 2 is 1.88 bits per heavy atom. The molecule has 24 heavy (non-hydrogen) atoms. The lowest BCUT2D eigenvalue weighted by Gasteiger charge is -2.28. The summed E-state index contributed by atoms with van der Waals surface area (Å²) in [5, 5.41) is 0. The summed E-state index contributed by atoms with van der Waals surface area (Å²) in [5.74, 6) is 1.81. The van der Waals surface area contributed by atoms with E-state index in [2.05, 4.69) is 20.4 Å². The maximum atomic E-state index is 10.3. The number of nitrogens with zero attached hydrogens (tertiary/aromatic N) is 1. The van der Waals surface area contributed by atoms with Crippen LogP contribution in [0.5, 0.6) is 0 Å². The number of likely N-dealkylation sites (tertiary alicyclic amines) is 1. The monoisotopic (exact) mass is 335 g/mol. The third-order valence-corrected chi connectivity index (χ3v) is 4.38. The molecule has 0 spiro atoms. The van der Waals surface area contributed by atoms with Gasteiger partial charge in [-0.15, -0.1) is 0 Å². The molecule has 138 valence electrons. The molecule has 0 radical (unpaired) electrons. The van der Waals surface area contributed by atoms with Crippen LogP contribution in [0.15, 0.2) is 36.6 Å². The number of piperidine rings is 1. The van der Waals surface area contributed by atoms with E-state index in [0.717, 1.165) is 31.2 Å². The molecule has 0 atom stereocenters. The van der Waals surface area contributed by atoms with Crippen LogP contribution in [-0.4, -0.2) is 30.0 Å². The topological polar surface area (TPSA) is 29.5 Å². The standard InChI is InChI=1S/C11H16O.C8H15NO.C2H6/c1-4-6-7-10(5-2)12-11(3)8-9-11;1-2-8-3-5-9(7-10)6-4-8;1-2/h4-7H,1,8-9H2,2-3H3;7-8H,2-6H2,1H3;1-2H3/b7-6-,10-5+;;. The van der Waals surface area contributed by atoms with Gasteiger partial charge in [-0.1, -0.05) is 45.9 Å². The molecule has 2 aliphatic rings. The number of amides is 1. The van der Waals surface area contributed by atoms with E-state index in [1.54, 1.807) is 6.08 Å². The summed E-state index contributed by atoms with van der Waals surface area (Å²) < 4.78 is 5.73. The zero-order valence-corrected chi connectivity index (χ0v) is 16.4. The van der Waals surface area contributed by atoms with Gasteiger partial charge in [0.1, 0.15) is 11.4 Å². The van der Waals surface area contributed by atoms with Gasteiger partial charge in [0, 0.05) is 13.1 Å². The van der Waals surface area contributed by atoms with Crippen LogP contribution in [0.2, 0.25) is 0 Å². The molecule has 0 aromatic heterocycles. The highest BCUT2D eigenvalue weighted by atomic mass is 16.5. The number of hydrogen-bond donors (Lipinski definition) is 0. The maximum Gasteiger partial charge on any atom is 0.209 e. The SMILES string of the molecule is C=C/C=C\C(=C/C)OC1(C)CC1.CC.CCC1CCN(C=O)CC1. The normalized spacial score (nSPS) is 19.5. The zero-order chi connectivity index (χ0) is 18.4. The van der Waals surface area contributed by atoms with Gasteiger partial charge in [-0.05, 0) is 57.6 Å². The minimum Gasteiger partial charge on any atom is -0.488 e. The van der Waals surface area contributed by atoms with Crippen molar-refractivity contribution >= 4 is 6.41 Å². The lowest BCUT2D eigenvalue weighted by molar-refractivity contribution is -0.119. The van der Waals surface area contributed by atoms with Crippen LogP contribution in [0.4, 0.5) is 0 Å². The van der Waals surface area contributed by atoms with Gasteiger partial charge < -0.3 is 9.64 Å². The van der Waals surface area contributed by atoms with Crippen molar-refractivity contribution < 1.29 is 9.53 Å². The van der Waals surface area contributed by atoms with Crippen molar-refractivity contribution in [3.8, 4) is 0 Å². The average Bonchev–Trinajstić information content (AvgIpc) is 3.38. The Morgan fingerprint density at radius 1 is 1.29 bits per heavy atom. The van der Waals surface area contributed by atoms with Crippen molar-refractivity contribution in [2.45, 2.75) is 72.3 Å². The Kier molecular flexibility index (Phi) is 12.0. The highest BCUT2D eigenvalue weighted by Crippen LogP contribution is 2.40. The van der Waals surface area contributed by atoms with Crippen molar-refractivity contribution in [1.82, 2.24) is 4.90 Å². The third kappa shape index (κ3) is 9.59. The lowest BCUT2D eigenvalue weighted by atomic mass is 9.95. The first-order chi connectivity index (χ1) is 11.6. The Bertz CT molecular complexity index is 400. The zero-order valence-electron chi connectivity index (χ0n) is 16.4. The van der Waals surface area contributed by atoms with E-state index in [9.17, 15) is 4.79 Å². The Morgan fingerprint density at radius 3 is 2.25 bits per heavy atom. The van der Waals surface area contributed by atoms with Gasteiger partial charge in [0.2, 0.25) is 6.41 Å². The van der Waals surface area contributed by atoms with Crippen LogP contribution < -0.4 is 0 Å². The molecule has 1 saturated heterocycles. The van der Waals surface area contributed by atoms with Gasteiger partial charge in [-0.2, -0.15) is 0 Å². The first-order valence-electron chi connectivity index (χ1n) is 9.40. The van der Waals surface area contributed by atoms with Crippen molar-refractivity contribution in [3.63, 3.8) is 0 Å². The van der Waals surface area contributed by atoms with Crippen molar-refractivity contribution in [2.75, 3.05) is 13.1 Å². The molecule has 0 unspecified atom stereocenters. The Hall–Kier alpha value is -1.51. The largest absolute Gasteiger partial charge is 0.488 e. The smallest absolute Gasteiger partial charge is 0.209 e. The molecule has 2 fully saturated rings. The molecule has 1 aliphatic carbocycles. The van der Waals surface area contributed by atoms with Gasteiger partial charge in [0.25, 0.3) is 0 Å². The van der Waals surface area contributed by atoms with Crippen molar-refractivity contribution in [3.05, 3.63) is 36.6 Å². The molecule has 2 rings (SSSR count). The van der Waals surface area contributed by atoms with Crippen LogP contribution in [-0.2, 0) is 9.53 Å². The second-order valence-electron chi connectivity index (χ2n) is 6.33. The van der Waals surface area contributed by atoms with E-state index < -0.39 is 0 Å². The molecule has 0 aromatic rings. The van der Waals surface area contributed by atoms with E-state index in [4.69, 9.17) is 4.74 Å². The lowest BCUT2D eigenvalue weighted by Crippen LogP contribution is -2.32. The number of rotatable bonds is 6. The number of carbonyl (C=O) groups excluding carboxylic acids is 1. The summed E-state index contributed by atoms with van der Waals surface area (Å²) in [7, 11) is 0. The van der Waals surface area contributed by atoms with Crippen LogP contribution in [0, 0.1) is 5.92 Å². The molecule has 1 saturated carbocycles. The molecule has 0 aromatic carbocycles. The minimum absolute atomic E-state index is 0.118. The fourth-order valence-corrected chi connectivity index (χ4v) is 2.38. The molecular weight excluding hydrogens is 298 g/mol. The molecule has 0 bridgehead atoms.